The van der Waals surface area contributed by atoms with Gasteiger partial charge in [-0.25, -0.2) is 12.7 Å². The molecule has 194 valence electrons. The Morgan fingerprint density at radius 1 is 1.20 bits per heavy atom. The Hall–Kier alpha value is -1.65. The molecule has 3 aliphatic heterocycles. The predicted molar refractivity (Wildman–Crippen MR) is 136 cm³/mol. The van der Waals surface area contributed by atoms with E-state index in [2.05, 4.69) is 28.6 Å². The molecule has 0 unspecified atom stereocenters. The maximum atomic E-state index is 12.6. The minimum Gasteiger partial charge on any atom is -0.497 e. The molecule has 1 atom stereocenters. The van der Waals surface area contributed by atoms with Gasteiger partial charge in [0, 0.05) is 69.0 Å². The van der Waals surface area contributed by atoms with Gasteiger partial charge in [0.05, 0.1) is 31.0 Å². The van der Waals surface area contributed by atoms with Gasteiger partial charge in [0.15, 0.2) is 0 Å². The number of piperidine rings is 1. The predicted octanol–water partition coefficient (Wildman–Crippen LogP) is 2.65. The molecule has 5 rings (SSSR count). The highest BCUT2D eigenvalue weighted by molar-refractivity contribution is 7.89. The van der Waals surface area contributed by atoms with Crippen molar-refractivity contribution in [3.8, 4) is 5.75 Å². The lowest BCUT2D eigenvalue weighted by Crippen LogP contribution is -2.55. The zero-order valence-electron chi connectivity index (χ0n) is 21.2. The van der Waals surface area contributed by atoms with Gasteiger partial charge in [0.2, 0.25) is 10.0 Å². The van der Waals surface area contributed by atoms with Gasteiger partial charge in [-0.3, -0.25) is 4.90 Å². The van der Waals surface area contributed by atoms with E-state index in [9.17, 15) is 13.5 Å². The lowest BCUT2D eigenvalue weighted by atomic mass is 9.68. The van der Waals surface area contributed by atoms with Crippen LogP contribution in [0.5, 0.6) is 5.75 Å². The maximum absolute atomic E-state index is 12.6. The van der Waals surface area contributed by atoms with Crippen LogP contribution in [0.2, 0.25) is 0 Å². The van der Waals surface area contributed by atoms with Crippen molar-refractivity contribution < 1.29 is 23.0 Å². The molecule has 1 aromatic carbocycles. The largest absolute Gasteiger partial charge is 0.497 e. The molecule has 0 amide bonds. The number of benzene rings is 1. The van der Waals surface area contributed by atoms with Gasteiger partial charge in [0.1, 0.15) is 5.75 Å². The monoisotopic (exact) mass is 505 g/mol. The molecule has 35 heavy (non-hydrogen) atoms. The van der Waals surface area contributed by atoms with E-state index in [4.69, 9.17) is 9.47 Å². The molecule has 2 aromatic rings. The van der Waals surface area contributed by atoms with Crippen molar-refractivity contribution in [3.05, 3.63) is 29.5 Å². The second kappa shape index (κ2) is 9.67. The number of sulfonamides is 1. The van der Waals surface area contributed by atoms with Gasteiger partial charge < -0.3 is 19.1 Å². The van der Waals surface area contributed by atoms with E-state index >= 15 is 0 Å². The number of nitrogens with zero attached hydrogens (tertiary/aromatic N) is 3. The number of aryl methyl sites for hydroxylation is 1. The van der Waals surface area contributed by atoms with E-state index in [1.807, 2.05) is 6.07 Å². The summed E-state index contributed by atoms with van der Waals surface area (Å²) in [4.78, 5) is 2.48. The second-order valence-electron chi connectivity index (χ2n) is 10.5. The second-order valence-corrected chi connectivity index (χ2v) is 12.7. The minimum absolute atomic E-state index is 0.0595. The summed E-state index contributed by atoms with van der Waals surface area (Å²) in [5.74, 6) is 1.50. The van der Waals surface area contributed by atoms with Gasteiger partial charge in [-0.05, 0) is 56.2 Å². The van der Waals surface area contributed by atoms with E-state index in [0.717, 1.165) is 63.3 Å². The number of rotatable bonds is 6. The van der Waals surface area contributed by atoms with Gasteiger partial charge in [0.25, 0.3) is 0 Å². The summed E-state index contributed by atoms with van der Waals surface area (Å²) in [6.45, 7) is 6.23. The zero-order valence-corrected chi connectivity index (χ0v) is 22.0. The van der Waals surface area contributed by atoms with Crippen LogP contribution in [0.25, 0.3) is 10.9 Å². The molecule has 0 aliphatic carbocycles. The number of hydrogen-bond acceptors (Lipinski definition) is 6. The van der Waals surface area contributed by atoms with Crippen LogP contribution in [-0.2, 0) is 27.2 Å². The van der Waals surface area contributed by atoms with E-state index in [-0.39, 0.29) is 23.8 Å². The van der Waals surface area contributed by atoms with Crippen molar-refractivity contribution in [3.63, 3.8) is 0 Å². The number of ether oxygens (including phenoxy) is 2. The Labute approximate surface area is 208 Å². The number of aromatic nitrogens is 1. The Morgan fingerprint density at radius 2 is 1.91 bits per heavy atom. The summed E-state index contributed by atoms with van der Waals surface area (Å²) in [5.41, 5.74) is 3.41. The highest BCUT2D eigenvalue weighted by atomic mass is 32.2. The number of fused-ring (bicyclic) bond motifs is 4. The Morgan fingerprint density at radius 3 is 2.54 bits per heavy atom. The van der Waals surface area contributed by atoms with Gasteiger partial charge >= 0.3 is 0 Å². The Balaban J connectivity index is 1.60. The third-order valence-electron chi connectivity index (χ3n) is 8.69. The summed E-state index contributed by atoms with van der Waals surface area (Å²) in [6.07, 6.45) is 3.66. The molecular weight excluding hydrogens is 466 g/mol. The summed E-state index contributed by atoms with van der Waals surface area (Å²) in [6, 6.07) is 6.15. The molecule has 8 nitrogen and oxygen atoms in total. The zero-order chi connectivity index (χ0) is 24.8. The fourth-order valence-electron chi connectivity index (χ4n) is 6.70. The van der Waals surface area contributed by atoms with E-state index < -0.39 is 10.0 Å². The first-order valence-corrected chi connectivity index (χ1v) is 14.5. The summed E-state index contributed by atoms with van der Waals surface area (Å²) < 4.78 is 40.3. The highest BCUT2D eigenvalue weighted by Crippen LogP contribution is 2.50. The van der Waals surface area contributed by atoms with Gasteiger partial charge in [-0.1, -0.05) is 0 Å². The fraction of sp³-hybridized carbons (Fsp3) is 0.692. The van der Waals surface area contributed by atoms with Crippen molar-refractivity contribution in [2.45, 2.75) is 44.1 Å². The third-order valence-corrected chi connectivity index (χ3v) is 10.6. The number of aliphatic hydroxyl groups is 1. The number of aliphatic hydroxyl groups excluding tert-OH is 1. The van der Waals surface area contributed by atoms with E-state index in [1.54, 1.807) is 18.3 Å². The molecule has 4 heterocycles. The highest BCUT2D eigenvalue weighted by Gasteiger charge is 2.49. The molecule has 1 N–H and O–H groups in total. The first-order valence-electron chi connectivity index (χ1n) is 12.9. The molecular formula is C26H39N3O5S. The van der Waals surface area contributed by atoms with E-state index in [0.29, 0.717) is 19.0 Å². The molecule has 0 saturated carbocycles. The SMILES string of the molecule is CCS(=O)(=O)N1CCC2(CC1)CN(CC1CCOCC1)[C@H](CO)c1c2c2ccc(OC)cc2n1C. The molecule has 0 radical (unpaired) electrons. The normalized spacial score (nSPS) is 24.2. The van der Waals surface area contributed by atoms with Crippen molar-refractivity contribution in [1.82, 2.24) is 13.8 Å². The van der Waals surface area contributed by atoms with Crippen LogP contribution in [0.4, 0.5) is 0 Å². The Kier molecular flexibility index (Phi) is 6.91. The Bertz CT molecular complexity index is 1160. The third kappa shape index (κ3) is 4.29. The van der Waals surface area contributed by atoms with Crippen molar-refractivity contribution in [1.29, 1.82) is 0 Å². The molecule has 1 aromatic heterocycles. The smallest absolute Gasteiger partial charge is 0.213 e. The molecule has 1 spiro atoms. The van der Waals surface area contributed by atoms with Crippen LogP contribution in [0, 0.1) is 5.92 Å². The maximum Gasteiger partial charge on any atom is 0.213 e. The summed E-state index contributed by atoms with van der Waals surface area (Å²) >= 11 is 0. The standard InChI is InChI=1S/C26H39N3O5S/c1-4-35(31,32)29-11-9-26(10-12-29)18-28(16-19-7-13-34-14-8-19)23(17-30)25-24(26)21-6-5-20(33-3)15-22(21)27(25)2/h5-6,15,19,23,30H,4,7-14,16-18H2,1-3H3/t23-/m1/s1. The topological polar surface area (TPSA) is 84.2 Å². The molecule has 9 heteroatoms. The van der Waals surface area contributed by atoms with Crippen LogP contribution in [-0.4, -0.2) is 86.2 Å². The van der Waals surface area contributed by atoms with E-state index in [1.165, 1.54) is 16.6 Å². The molecule has 2 saturated heterocycles. The first-order chi connectivity index (χ1) is 16.8. The summed E-state index contributed by atoms with van der Waals surface area (Å²) in [5, 5.41) is 11.9. The average molecular weight is 506 g/mol. The minimum atomic E-state index is -3.21. The van der Waals surface area contributed by atoms with Crippen LogP contribution in [0.1, 0.15) is 49.9 Å². The van der Waals surface area contributed by atoms with Crippen LogP contribution in [0.3, 0.4) is 0 Å². The number of hydrogen-bond donors (Lipinski definition) is 1. The lowest BCUT2D eigenvalue weighted by Gasteiger charge is -2.51. The first kappa shape index (κ1) is 25.0. The van der Waals surface area contributed by atoms with Crippen molar-refractivity contribution in [2.24, 2.45) is 13.0 Å². The molecule has 0 bridgehead atoms. The van der Waals surface area contributed by atoms with Crippen LogP contribution < -0.4 is 4.74 Å². The quantitative estimate of drug-likeness (QED) is 0.650. The molecule has 2 fully saturated rings. The summed E-state index contributed by atoms with van der Waals surface area (Å²) in [7, 11) is 0.563. The van der Waals surface area contributed by atoms with Gasteiger partial charge in [-0.2, -0.15) is 0 Å². The average Bonchev–Trinajstić information content (AvgIpc) is 3.18. The van der Waals surface area contributed by atoms with Gasteiger partial charge in [-0.15, -0.1) is 0 Å². The van der Waals surface area contributed by atoms with Crippen LogP contribution >= 0.6 is 0 Å². The van der Waals surface area contributed by atoms with Crippen LogP contribution in [0.15, 0.2) is 18.2 Å². The van der Waals surface area contributed by atoms with Crippen molar-refractivity contribution >= 4 is 20.9 Å². The lowest BCUT2D eigenvalue weighted by molar-refractivity contribution is 0.0139. The fourth-order valence-corrected chi connectivity index (χ4v) is 7.80. The van der Waals surface area contributed by atoms with Crippen molar-refractivity contribution in [2.75, 3.05) is 58.9 Å². The number of methoxy groups -OCH3 is 1. The molecule has 3 aliphatic rings.